The SMILES string of the molecule is CCOC(=O)CNc1c(-c2ccccc2Cl)c(C#N)c2ccc3ccc4cccnc4c3n12. The van der Waals surface area contributed by atoms with E-state index in [1.807, 2.05) is 59.0 Å². The van der Waals surface area contributed by atoms with E-state index in [1.165, 1.54) is 0 Å². The van der Waals surface area contributed by atoms with Crippen molar-refractivity contribution >= 4 is 50.7 Å². The lowest BCUT2D eigenvalue weighted by Gasteiger charge is -2.13. The number of hydrogen-bond acceptors (Lipinski definition) is 5. The predicted octanol–water partition coefficient (Wildman–Crippen LogP) is 5.81. The predicted molar refractivity (Wildman–Crippen MR) is 130 cm³/mol. The number of nitrogens with one attached hydrogen (secondary N) is 1. The molecule has 2 aromatic carbocycles. The number of ether oxygens (including phenoxy) is 1. The molecule has 5 rings (SSSR count). The molecule has 3 aromatic heterocycles. The minimum Gasteiger partial charge on any atom is -0.465 e. The Morgan fingerprint density at radius 3 is 2.70 bits per heavy atom. The third-order valence-corrected chi connectivity index (χ3v) is 5.92. The molecule has 0 saturated carbocycles. The van der Waals surface area contributed by atoms with Crippen LogP contribution in [-0.2, 0) is 9.53 Å². The van der Waals surface area contributed by atoms with Gasteiger partial charge in [-0.1, -0.05) is 54.1 Å². The summed E-state index contributed by atoms with van der Waals surface area (Å²) in [4.78, 5) is 16.9. The summed E-state index contributed by atoms with van der Waals surface area (Å²) in [6.45, 7) is 1.99. The second-order valence-corrected chi connectivity index (χ2v) is 7.89. The van der Waals surface area contributed by atoms with Crippen LogP contribution in [0.4, 0.5) is 5.82 Å². The minimum atomic E-state index is -0.390. The molecule has 0 radical (unpaired) electrons. The van der Waals surface area contributed by atoms with Crippen LogP contribution in [0.25, 0.3) is 38.4 Å². The summed E-state index contributed by atoms with van der Waals surface area (Å²) in [5.41, 5.74) is 4.13. The van der Waals surface area contributed by atoms with Gasteiger partial charge in [0.2, 0.25) is 0 Å². The van der Waals surface area contributed by atoms with Crippen LogP contribution in [0.15, 0.2) is 66.9 Å². The fraction of sp³-hybridized carbons (Fsp3) is 0.115. The van der Waals surface area contributed by atoms with Crippen LogP contribution in [0.1, 0.15) is 12.5 Å². The maximum Gasteiger partial charge on any atom is 0.325 e. The van der Waals surface area contributed by atoms with Gasteiger partial charge in [-0.15, -0.1) is 0 Å². The monoisotopic (exact) mass is 454 g/mol. The number of carbonyl (C=O) groups is 1. The summed E-state index contributed by atoms with van der Waals surface area (Å²) in [5.74, 6) is 0.200. The molecule has 3 heterocycles. The molecule has 0 fully saturated rings. The number of pyridine rings is 2. The third-order valence-electron chi connectivity index (χ3n) is 5.59. The van der Waals surface area contributed by atoms with E-state index in [0.717, 1.165) is 21.8 Å². The third kappa shape index (κ3) is 3.43. The molecule has 0 bridgehead atoms. The summed E-state index contributed by atoms with van der Waals surface area (Å²) >= 11 is 6.56. The highest BCUT2D eigenvalue weighted by Crippen LogP contribution is 2.42. The molecule has 6 nitrogen and oxygen atoms in total. The van der Waals surface area contributed by atoms with Crippen molar-refractivity contribution in [3.63, 3.8) is 0 Å². The van der Waals surface area contributed by atoms with Crippen LogP contribution in [0.3, 0.4) is 0 Å². The summed E-state index contributed by atoms with van der Waals surface area (Å²) in [6, 6.07) is 21.5. The first kappa shape index (κ1) is 20.8. The topological polar surface area (TPSA) is 79.4 Å². The van der Waals surface area contributed by atoms with Gasteiger partial charge in [-0.05, 0) is 25.1 Å². The number of aromatic nitrogens is 2. The number of benzene rings is 2. The average molecular weight is 455 g/mol. The van der Waals surface area contributed by atoms with Crippen LogP contribution in [0, 0.1) is 11.3 Å². The number of nitrogens with zero attached hydrogens (tertiary/aromatic N) is 3. The molecule has 0 aliphatic carbocycles. The Labute approximate surface area is 195 Å². The average Bonchev–Trinajstić information content (AvgIpc) is 3.16. The summed E-state index contributed by atoms with van der Waals surface area (Å²) < 4.78 is 7.08. The lowest BCUT2D eigenvalue weighted by atomic mass is 10.0. The minimum absolute atomic E-state index is 0.0587. The molecule has 0 saturated heterocycles. The molecule has 0 aliphatic heterocycles. The standard InChI is InChI=1S/C26H19ClN4O2/c1-2-33-22(32)15-30-26-23(18-7-3-4-8-20(18)27)19(14-28)21-12-11-17-10-9-16-6-5-13-29-24(16)25(17)31(21)26/h3-13,30H,2,15H2,1H3. The molecule has 33 heavy (non-hydrogen) atoms. The zero-order valence-electron chi connectivity index (χ0n) is 17.8. The lowest BCUT2D eigenvalue weighted by Crippen LogP contribution is -2.18. The highest BCUT2D eigenvalue weighted by atomic mass is 35.5. The second kappa shape index (κ2) is 8.45. The van der Waals surface area contributed by atoms with Gasteiger partial charge in [-0.25, -0.2) is 0 Å². The zero-order valence-corrected chi connectivity index (χ0v) is 18.6. The van der Waals surface area contributed by atoms with E-state index >= 15 is 0 Å². The first-order chi connectivity index (χ1) is 16.1. The van der Waals surface area contributed by atoms with Crippen molar-refractivity contribution in [2.75, 3.05) is 18.5 Å². The van der Waals surface area contributed by atoms with Gasteiger partial charge in [0.25, 0.3) is 0 Å². The van der Waals surface area contributed by atoms with Crippen LogP contribution in [0.2, 0.25) is 5.02 Å². The highest BCUT2D eigenvalue weighted by Gasteiger charge is 2.24. The Morgan fingerprint density at radius 2 is 1.91 bits per heavy atom. The quantitative estimate of drug-likeness (QED) is 0.268. The number of esters is 1. The van der Waals surface area contributed by atoms with Gasteiger partial charge in [0.1, 0.15) is 18.4 Å². The maximum atomic E-state index is 12.2. The Bertz CT molecular complexity index is 1580. The molecular formula is C26H19ClN4O2. The van der Waals surface area contributed by atoms with E-state index in [4.69, 9.17) is 16.3 Å². The van der Waals surface area contributed by atoms with Crippen molar-refractivity contribution in [1.82, 2.24) is 9.38 Å². The first-order valence-corrected chi connectivity index (χ1v) is 10.9. The van der Waals surface area contributed by atoms with E-state index in [0.29, 0.717) is 33.0 Å². The van der Waals surface area contributed by atoms with Gasteiger partial charge >= 0.3 is 5.97 Å². The molecule has 0 atom stereocenters. The van der Waals surface area contributed by atoms with Crippen molar-refractivity contribution < 1.29 is 9.53 Å². The van der Waals surface area contributed by atoms with E-state index in [9.17, 15) is 10.1 Å². The lowest BCUT2D eigenvalue weighted by molar-refractivity contribution is -0.140. The zero-order chi connectivity index (χ0) is 22.9. The largest absolute Gasteiger partial charge is 0.465 e. The van der Waals surface area contributed by atoms with Crippen molar-refractivity contribution in [2.24, 2.45) is 0 Å². The van der Waals surface area contributed by atoms with Gasteiger partial charge in [0.15, 0.2) is 0 Å². The van der Waals surface area contributed by atoms with Crippen molar-refractivity contribution in [1.29, 1.82) is 5.26 Å². The highest BCUT2D eigenvalue weighted by molar-refractivity contribution is 6.33. The molecule has 7 heteroatoms. The molecule has 1 N–H and O–H groups in total. The molecule has 0 amide bonds. The Balaban J connectivity index is 1.92. The number of halogens is 1. The van der Waals surface area contributed by atoms with E-state index < -0.39 is 0 Å². The molecule has 0 unspecified atom stereocenters. The number of hydrogen-bond donors (Lipinski definition) is 1. The Hall–Kier alpha value is -4.08. The summed E-state index contributed by atoms with van der Waals surface area (Å²) in [7, 11) is 0. The molecule has 0 spiro atoms. The van der Waals surface area contributed by atoms with E-state index in [2.05, 4.69) is 16.4 Å². The van der Waals surface area contributed by atoms with Gasteiger partial charge in [0, 0.05) is 33.1 Å². The van der Waals surface area contributed by atoms with E-state index in [1.54, 1.807) is 19.2 Å². The van der Waals surface area contributed by atoms with Crippen molar-refractivity contribution in [3.05, 3.63) is 77.4 Å². The Kier molecular flexibility index (Phi) is 5.33. The molecule has 162 valence electrons. The van der Waals surface area contributed by atoms with E-state index in [-0.39, 0.29) is 19.1 Å². The normalized spacial score (nSPS) is 11.1. The number of carbonyl (C=O) groups excluding carboxylic acids is 1. The smallest absolute Gasteiger partial charge is 0.325 e. The summed E-state index contributed by atoms with van der Waals surface area (Å²) in [6.07, 6.45) is 1.75. The van der Waals surface area contributed by atoms with Crippen LogP contribution >= 0.6 is 11.6 Å². The first-order valence-electron chi connectivity index (χ1n) is 10.5. The molecule has 0 aliphatic rings. The molecule has 5 aromatic rings. The van der Waals surface area contributed by atoms with Crippen LogP contribution in [-0.4, -0.2) is 28.5 Å². The number of rotatable bonds is 5. The number of nitriles is 1. The summed E-state index contributed by atoms with van der Waals surface area (Å²) in [5, 5.41) is 15.9. The van der Waals surface area contributed by atoms with Gasteiger partial charge in [-0.3, -0.25) is 14.2 Å². The maximum absolute atomic E-state index is 12.2. The fourth-order valence-electron chi connectivity index (χ4n) is 4.24. The van der Waals surface area contributed by atoms with Gasteiger partial charge in [0.05, 0.1) is 28.7 Å². The Morgan fingerprint density at radius 1 is 1.12 bits per heavy atom. The van der Waals surface area contributed by atoms with Gasteiger partial charge < -0.3 is 10.1 Å². The number of fused-ring (bicyclic) bond motifs is 5. The van der Waals surface area contributed by atoms with Crippen molar-refractivity contribution in [3.8, 4) is 17.2 Å². The fourth-order valence-corrected chi connectivity index (χ4v) is 4.47. The van der Waals surface area contributed by atoms with Crippen LogP contribution in [0.5, 0.6) is 0 Å². The molecular weight excluding hydrogens is 436 g/mol. The van der Waals surface area contributed by atoms with Crippen molar-refractivity contribution in [2.45, 2.75) is 6.92 Å². The second-order valence-electron chi connectivity index (χ2n) is 7.48. The number of anilines is 1. The van der Waals surface area contributed by atoms with Gasteiger partial charge in [-0.2, -0.15) is 5.26 Å². The van der Waals surface area contributed by atoms with Crippen LogP contribution < -0.4 is 5.32 Å².